The molecule has 0 atom stereocenters. The molecular formula is C46H38NOPS. The standard InChI is InChI=1S/C46H38NOPS/c48-49(35-13-3-1-4-14-35,36-15-5-2-6-16-36)43-29-34(28-40-39-19-9-12-22-44(39)50-45(40)43)46(32-24-30-23-31(26-32)27-33(46)25-30)47-41-20-10-7-17-37(41)38-18-8-11-21-42(38)47/h1-22,28-33H,23-27H2. The fraction of sp³-hybridized carbons (Fsp3) is 0.217. The second-order valence-corrected chi connectivity index (χ2v) is 19.0. The number of aromatic nitrogens is 1. The van der Waals surface area contributed by atoms with Gasteiger partial charge in [0.25, 0.3) is 0 Å². The molecule has 4 saturated carbocycles. The monoisotopic (exact) mass is 683 g/mol. The van der Waals surface area contributed by atoms with Gasteiger partial charge in [-0.1, -0.05) is 115 Å². The van der Waals surface area contributed by atoms with Gasteiger partial charge in [0.05, 0.1) is 5.54 Å². The van der Waals surface area contributed by atoms with Gasteiger partial charge >= 0.3 is 0 Å². The van der Waals surface area contributed by atoms with E-state index in [4.69, 9.17) is 0 Å². The predicted octanol–water partition coefficient (Wildman–Crippen LogP) is 11.0. The number of fused-ring (bicyclic) bond motifs is 6. The molecule has 0 amide bonds. The SMILES string of the molecule is O=P(c1ccccc1)(c1ccccc1)c1cc(C2(n3c4ccccc4c4ccccc43)C3CC4CC(C3)CC2C4)cc2c1sc1ccccc12. The lowest BCUT2D eigenvalue weighted by atomic mass is 9.47. The molecule has 4 heteroatoms. The molecule has 0 aliphatic heterocycles. The molecule has 0 saturated heterocycles. The zero-order chi connectivity index (χ0) is 33.0. The van der Waals surface area contributed by atoms with E-state index in [0.29, 0.717) is 11.8 Å². The minimum absolute atomic E-state index is 0.250. The lowest BCUT2D eigenvalue weighted by Crippen LogP contribution is -2.59. The van der Waals surface area contributed by atoms with E-state index in [1.165, 1.54) is 74.9 Å². The van der Waals surface area contributed by atoms with Crippen LogP contribution in [0.3, 0.4) is 0 Å². The Bertz CT molecular complexity index is 2530. The van der Waals surface area contributed by atoms with Crippen molar-refractivity contribution in [3.63, 3.8) is 0 Å². The van der Waals surface area contributed by atoms with Gasteiger partial charge in [0.1, 0.15) is 0 Å². The second-order valence-electron chi connectivity index (χ2n) is 15.3. The van der Waals surface area contributed by atoms with Gasteiger partial charge in [-0.2, -0.15) is 0 Å². The van der Waals surface area contributed by atoms with Crippen molar-refractivity contribution in [2.24, 2.45) is 23.7 Å². The summed E-state index contributed by atoms with van der Waals surface area (Å²) in [7, 11) is -3.29. The molecule has 244 valence electrons. The summed E-state index contributed by atoms with van der Waals surface area (Å²) in [6.45, 7) is 0. The van der Waals surface area contributed by atoms with E-state index < -0.39 is 7.14 Å². The Hall–Kier alpha value is -4.43. The number of hydrogen-bond acceptors (Lipinski definition) is 2. The Morgan fingerprint density at radius 3 is 1.62 bits per heavy atom. The highest BCUT2D eigenvalue weighted by Crippen LogP contribution is 2.65. The maximum Gasteiger partial charge on any atom is 0.172 e. The first-order valence-corrected chi connectivity index (χ1v) is 20.8. The summed E-state index contributed by atoms with van der Waals surface area (Å²) in [5, 5.41) is 7.98. The summed E-state index contributed by atoms with van der Waals surface area (Å²) in [6.07, 6.45) is 6.45. The molecule has 2 heterocycles. The highest BCUT2D eigenvalue weighted by atomic mass is 32.1. The van der Waals surface area contributed by atoms with Crippen molar-refractivity contribution in [3.05, 3.63) is 151 Å². The van der Waals surface area contributed by atoms with Crippen molar-refractivity contribution in [2.45, 2.75) is 37.6 Å². The van der Waals surface area contributed by atoms with Gasteiger partial charge in [-0.05, 0) is 91.7 Å². The Balaban J connectivity index is 1.32. The lowest BCUT2D eigenvalue weighted by molar-refractivity contribution is -0.0718. The average Bonchev–Trinajstić information content (AvgIpc) is 3.71. The molecule has 12 rings (SSSR count). The molecule has 0 unspecified atom stereocenters. The summed E-state index contributed by atoms with van der Waals surface area (Å²) >= 11 is 1.81. The Labute approximate surface area is 296 Å². The molecule has 0 spiro atoms. The van der Waals surface area contributed by atoms with Crippen LogP contribution in [0.5, 0.6) is 0 Å². The van der Waals surface area contributed by atoms with Crippen LogP contribution in [0.2, 0.25) is 0 Å². The molecule has 6 aromatic carbocycles. The topological polar surface area (TPSA) is 22.0 Å². The van der Waals surface area contributed by atoms with E-state index in [2.05, 4.69) is 114 Å². The molecule has 0 radical (unpaired) electrons. The smallest absolute Gasteiger partial charge is 0.172 e. The van der Waals surface area contributed by atoms with Crippen molar-refractivity contribution < 1.29 is 4.57 Å². The number of thiophene rings is 1. The van der Waals surface area contributed by atoms with Gasteiger partial charge in [0, 0.05) is 57.9 Å². The molecule has 0 N–H and O–H groups in total. The van der Waals surface area contributed by atoms with E-state index in [-0.39, 0.29) is 5.54 Å². The van der Waals surface area contributed by atoms with Crippen LogP contribution >= 0.6 is 18.5 Å². The van der Waals surface area contributed by atoms with Gasteiger partial charge in [-0.15, -0.1) is 11.3 Å². The van der Waals surface area contributed by atoms with Gasteiger partial charge < -0.3 is 9.13 Å². The van der Waals surface area contributed by atoms with Crippen molar-refractivity contribution >= 4 is 76.4 Å². The first kappa shape index (κ1) is 29.3. The van der Waals surface area contributed by atoms with Crippen LogP contribution in [0.25, 0.3) is 42.0 Å². The van der Waals surface area contributed by atoms with Crippen molar-refractivity contribution in [1.29, 1.82) is 0 Å². The van der Waals surface area contributed by atoms with Crippen molar-refractivity contribution in [2.75, 3.05) is 0 Å². The first-order valence-electron chi connectivity index (χ1n) is 18.3. The Kier molecular flexibility index (Phi) is 6.32. The van der Waals surface area contributed by atoms with E-state index in [1.54, 1.807) is 0 Å². The zero-order valence-electron chi connectivity index (χ0n) is 27.9. The molecule has 8 aromatic rings. The minimum atomic E-state index is -3.29. The molecule has 4 bridgehead atoms. The van der Waals surface area contributed by atoms with E-state index >= 15 is 4.57 Å². The van der Waals surface area contributed by atoms with Gasteiger partial charge in [-0.3, -0.25) is 0 Å². The van der Waals surface area contributed by atoms with Gasteiger partial charge in [0.2, 0.25) is 0 Å². The Morgan fingerprint density at radius 1 is 0.540 bits per heavy atom. The lowest BCUT2D eigenvalue weighted by Gasteiger charge is -2.62. The highest BCUT2D eigenvalue weighted by Gasteiger charge is 2.60. The quantitative estimate of drug-likeness (QED) is 0.166. The normalized spacial score (nSPS) is 24.6. The molecule has 2 aromatic heterocycles. The third kappa shape index (κ3) is 3.88. The number of para-hydroxylation sites is 2. The zero-order valence-corrected chi connectivity index (χ0v) is 29.6. The first-order chi connectivity index (χ1) is 24.6. The highest BCUT2D eigenvalue weighted by molar-refractivity contribution is 7.86. The number of hydrogen-bond donors (Lipinski definition) is 0. The van der Waals surface area contributed by atoms with Crippen LogP contribution in [0.15, 0.2) is 146 Å². The molecule has 2 nitrogen and oxygen atoms in total. The van der Waals surface area contributed by atoms with Crippen LogP contribution in [-0.4, -0.2) is 4.57 Å². The van der Waals surface area contributed by atoms with Crippen molar-refractivity contribution in [1.82, 2.24) is 4.57 Å². The van der Waals surface area contributed by atoms with E-state index in [0.717, 1.165) is 32.4 Å². The molecule has 4 fully saturated rings. The van der Waals surface area contributed by atoms with Gasteiger partial charge in [0.15, 0.2) is 7.14 Å². The number of benzene rings is 6. The third-order valence-corrected chi connectivity index (χ3v) is 17.3. The number of rotatable bonds is 5. The van der Waals surface area contributed by atoms with Gasteiger partial charge in [-0.25, -0.2) is 0 Å². The van der Waals surface area contributed by atoms with E-state index in [1.807, 2.05) is 47.7 Å². The van der Waals surface area contributed by atoms with Crippen LogP contribution < -0.4 is 15.9 Å². The fourth-order valence-electron chi connectivity index (χ4n) is 11.2. The number of nitrogens with zero attached hydrogens (tertiary/aromatic N) is 1. The summed E-state index contributed by atoms with van der Waals surface area (Å²) < 4.78 is 21.7. The largest absolute Gasteiger partial charge is 0.329 e. The summed E-state index contributed by atoms with van der Waals surface area (Å²) in [6, 6.07) is 52.7. The maximum absolute atomic E-state index is 16.5. The maximum atomic E-state index is 16.5. The Morgan fingerprint density at radius 2 is 1.04 bits per heavy atom. The van der Waals surface area contributed by atoms with Crippen LogP contribution in [-0.2, 0) is 10.1 Å². The minimum Gasteiger partial charge on any atom is -0.329 e. The van der Waals surface area contributed by atoms with Crippen molar-refractivity contribution in [3.8, 4) is 0 Å². The van der Waals surface area contributed by atoms with Crippen LogP contribution in [0, 0.1) is 23.7 Å². The van der Waals surface area contributed by atoms with Crippen LogP contribution in [0.4, 0.5) is 0 Å². The summed E-state index contributed by atoms with van der Waals surface area (Å²) in [5.41, 5.74) is 3.76. The third-order valence-electron chi connectivity index (χ3n) is 12.8. The second kappa shape index (κ2) is 10.8. The molecular weight excluding hydrogens is 646 g/mol. The summed E-state index contributed by atoms with van der Waals surface area (Å²) in [4.78, 5) is 0. The molecule has 4 aliphatic carbocycles. The predicted molar refractivity (Wildman–Crippen MR) is 212 cm³/mol. The summed E-state index contributed by atoms with van der Waals surface area (Å²) in [5.74, 6) is 2.65. The molecule has 4 aliphatic rings. The van der Waals surface area contributed by atoms with Crippen LogP contribution in [0.1, 0.15) is 37.7 Å². The molecule has 50 heavy (non-hydrogen) atoms. The average molecular weight is 684 g/mol. The van der Waals surface area contributed by atoms with E-state index in [9.17, 15) is 0 Å². The fourth-order valence-corrected chi connectivity index (χ4v) is 15.6.